The molecule has 0 saturated carbocycles. The van der Waals surface area contributed by atoms with Gasteiger partial charge >= 0.3 is 6.18 Å². The Morgan fingerprint density at radius 2 is 1.86 bits per heavy atom. The maximum Gasteiger partial charge on any atom is 0.416 e. The van der Waals surface area contributed by atoms with Gasteiger partial charge in [0.25, 0.3) is 11.6 Å². The summed E-state index contributed by atoms with van der Waals surface area (Å²) in [4.78, 5) is 22.6. The summed E-state index contributed by atoms with van der Waals surface area (Å²) in [5.74, 6) is -1.55. The molecular weight excluding hydrogens is 382 g/mol. The van der Waals surface area contributed by atoms with E-state index >= 15 is 0 Å². The van der Waals surface area contributed by atoms with Crippen molar-refractivity contribution in [1.82, 2.24) is 5.32 Å². The molecule has 2 aromatic rings. The van der Waals surface area contributed by atoms with Crippen molar-refractivity contribution in [2.24, 2.45) is 0 Å². The number of amides is 1. The zero-order chi connectivity index (χ0) is 21.1. The number of anilines is 1. The molecule has 0 aliphatic heterocycles. The standard InChI is InChI=1S/C18H17F4N3O3/c1-10(2)24-17(26)11-4-6-15(16(7-11)25(27)28)23-9-12-3-5-13(19)8-14(12)18(20,21)22/h3-8,10,23H,9H2,1-2H3,(H,24,26). The van der Waals surface area contributed by atoms with E-state index in [1.807, 2.05) is 0 Å². The maximum absolute atomic E-state index is 13.2. The minimum absolute atomic E-state index is 0.0451. The van der Waals surface area contributed by atoms with Crippen molar-refractivity contribution < 1.29 is 27.3 Å². The van der Waals surface area contributed by atoms with Crippen molar-refractivity contribution in [2.45, 2.75) is 32.6 Å². The van der Waals surface area contributed by atoms with Crippen LogP contribution in [-0.2, 0) is 12.7 Å². The fourth-order valence-electron chi connectivity index (χ4n) is 2.48. The number of nitro benzene ring substituents is 1. The highest BCUT2D eigenvalue weighted by atomic mass is 19.4. The van der Waals surface area contributed by atoms with Gasteiger partial charge in [-0.2, -0.15) is 13.2 Å². The van der Waals surface area contributed by atoms with Crippen molar-refractivity contribution in [2.75, 3.05) is 5.32 Å². The van der Waals surface area contributed by atoms with Crippen LogP contribution >= 0.6 is 0 Å². The molecule has 0 bridgehead atoms. The predicted octanol–water partition coefficient (Wildman–Crippen LogP) is 4.50. The third kappa shape index (κ3) is 5.18. The summed E-state index contributed by atoms with van der Waals surface area (Å²) in [7, 11) is 0. The molecule has 28 heavy (non-hydrogen) atoms. The van der Waals surface area contributed by atoms with Crippen LogP contribution in [0.5, 0.6) is 0 Å². The van der Waals surface area contributed by atoms with Gasteiger partial charge in [0.2, 0.25) is 0 Å². The van der Waals surface area contributed by atoms with Gasteiger partial charge in [-0.25, -0.2) is 4.39 Å². The summed E-state index contributed by atoms with van der Waals surface area (Å²) in [5.41, 5.74) is -1.93. The second-order valence-corrected chi connectivity index (χ2v) is 6.27. The van der Waals surface area contributed by atoms with E-state index in [2.05, 4.69) is 10.6 Å². The minimum Gasteiger partial charge on any atom is -0.375 e. The smallest absolute Gasteiger partial charge is 0.375 e. The molecule has 0 aliphatic rings. The number of rotatable bonds is 6. The first-order valence-corrected chi connectivity index (χ1v) is 8.18. The molecule has 2 aromatic carbocycles. The van der Waals surface area contributed by atoms with Crippen molar-refractivity contribution in [1.29, 1.82) is 0 Å². The van der Waals surface area contributed by atoms with Crippen LogP contribution in [0.1, 0.15) is 35.3 Å². The van der Waals surface area contributed by atoms with Gasteiger partial charge in [0.1, 0.15) is 11.5 Å². The summed E-state index contributed by atoms with van der Waals surface area (Å²) in [5, 5.41) is 16.4. The van der Waals surface area contributed by atoms with Crippen molar-refractivity contribution in [3.63, 3.8) is 0 Å². The molecule has 0 atom stereocenters. The Hall–Kier alpha value is -3.17. The monoisotopic (exact) mass is 399 g/mol. The van der Waals surface area contributed by atoms with Gasteiger partial charge in [0.15, 0.2) is 0 Å². The third-order valence-electron chi connectivity index (χ3n) is 3.72. The zero-order valence-electron chi connectivity index (χ0n) is 14.9. The van der Waals surface area contributed by atoms with E-state index in [1.54, 1.807) is 13.8 Å². The molecule has 0 unspecified atom stereocenters. The molecule has 0 fully saturated rings. The summed E-state index contributed by atoms with van der Waals surface area (Å²) in [6.07, 6.45) is -4.77. The lowest BCUT2D eigenvalue weighted by molar-refractivity contribution is -0.384. The largest absolute Gasteiger partial charge is 0.416 e. The average molecular weight is 399 g/mol. The molecule has 2 rings (SSSR count). The zero-order valence-corrected chi connectivity index (χ0v) is 14.9. The van der Waals surface area contributed by atoms with E-state index in [9.17, 15) is 32.5 Å². The number of halogens is 4. The van der Waals surface area contributed by atoms with Gasteiger partial charge in [-0.1, -0.05) is 6.07 Å². The van der Waals surface area contributed by atoms with Gasteiger partial charge in [0, 0.05) is 24.2 Å². The van der Waals surface area contributed by atoms with Crippen LogP contribution in [0.3, 0.4) is 0 Å². The molecule has 6 nitrogen and oxygen atoms in total. The topological polar surface area (TPSA) is 84.3 Å². The fourth-order valence-corrected chi connectivity index (χ4v) is 2.48. The summed E-state index contributed by atoms with van der Waals surface area (Å²) >= 11 is 0. The molecule has 0 saturated heterocycles. The molecule has 150 valence electrons. The number of alkyl halides is 3. The van der Waals surface area contributed by atoms with Crippen LogP contribution in [0.15, 0.2) is 36.4 Å². The highest BCUT2D eigenvalue weighted by Gasteiger charge is 2.33. The predicted molar refractivity (Wildman–Crippen MR) is 94.4 cm³/mol. The van der Waals surface area contributed by atoms with Gasteiger partial charge < -0.3 is 10.6 Å². The number of hydrogen-bond donors (Lipinski definition) is 2. The highest BCUT2D eigenvalue weighted by molar-refractivity contribution is 5.95. The first-order chi connectivity index (χ1) is 13.0. The first-order valence-electron chi connectivity index (χ1n) is 8.18. The number of nitro groups is 1. The Morgan fingerprint density at radius 3 is 2.43 bits per heavy atom. The quantitative estimate of drug-likeness (QED) is 0.426. The van der Waals surface area contributed by atoms with Crippen LogP contribution in [0.2, 0.25) is 0 Å². The lowest BCUT2D eigenvalue weighted by Crippen LogP contribution is -2.30. The van der Waals surface area contributed by atoms with Crippen molar-refractivity contribution >= 4 is 17.3 Å². The third-order valence-corrected chi connectivity index (χ3v) is 3.72. The first kappa shape index (κ1) is 21.1. The van der Waals surface area contributed by atoms with Gasteiger partial charge in [-0.05, 0) is 43.7 Å². The number of carbonyl (C=O) groups is 1. The molecule has 0 aromatic heterocycles. The Labute approximate surface area is 157 Å². The average Bonchev–Trinajstić information content (AvgIpc) is 2.59. The lowest BCUT2D eigenvalue weighted by atomic mass is 10.1. The van der Waals surface area contributed by atoms with E-state index in [1.165, 1.54) is 12.1 Å². The van der Waals surface area contributed by atoms with Gasteiger partial charge in [-0.15, -0.1) is 0 Å². The Balaban J connectivity index is 2.30. The summed E-state index contributed by atoms with van der Waals surface area (Å²) < 4.78 is 52.4. The van der Waals surface area contributed by atoms with Crippen LogP contribution in [0.25, 0.3) is 0 Å². The number of hydrogen-bond acceptors (Lipinski definition) is 4. The Morgan fingerprint density at radius 1 is 1.18 bits per heavy atom. The van der Waals surface area contributed by atoms with E-state index in [4.69, 9.17) is 0 Å². The van der Waals surface area contributed by atoms with E-state index in [0.717, 1.165) is 18.2 Å². The molecule has 10 heteroatoms. The molecule has 0 aliphatic carbocycles. The van der Waals surface area contributed by atoms with Gasteiger partial charge in [-0.3, -0.25) is 14.9 Å². The number of nitrogens with zero attached hydrogens (tertiary/aromatic N) is 1. The normalized spacial score (nSPS) is 11.4. The Kier molecular flexibility index (Phi) is 6.22. The van der Waals surface area contributed by atoms with Crippen molar-refractivity contribution in [3.05, 3.63) is 69.0 Å². The minimum atomic E-state index is -4.77. The lowest BCUT2D eigenvalue weighted by Gasteiger charge is -2.15. The second kappa shape index (κ2) is 8.24. The Bertz CT molecular complexity index is 898. The van der Waals surface area contributed by atoms with E-state index in [0.29, 0.717) is 6.07 Å². The SMILES string of the molecule is CC(C)NC(=O)c1ccc(NCc2ccc(F)cc2C(F)(F)F)c([N+](=O)[O-])c1. The number of carbonyl (C=O) groups excluding carboxylic acids is 1. The number of nitrogens with one attached hydrogen (secondary N) is 2. The van der Waals surface area contributed by atoms with Crippen LogP contribution in [0.4, 0.5) is 28.9 Å². The molecule has 0 spiro atoms. The summed E-state index contributed by atoms with van der Waals surface area (Å²) in [6.45, 7) is 3.03. The van der Waals surface area contributed by atoms with Crippen LogP contribution in [-0.4, -0.2) is 16.9 Å². The highest BCUT2D eigenvalue weighted by Crippen LogP contribution is 2.33. The molecular formula is C18H17F4N3O3. The maximum atomic E-state index is 13.2. The molecule has 0 heterocycles. The number of benzene rings is 2. The molecule has 1 amide bonds. The summed E-state index contributed by atoms with van der Waals surface area (Å²) in [6, 6.07) is 5.62. The van der Waals surface area contributed by atoms with Crippen LogP contribution in [0, 0.1) is 15.9 Å². The van der Waals surface area contributed by atoms with Crippen LogP contribution < -0.4 is 10.6 Å². The van der Waals surface area contributed by atoms with E-state index in [-0.39, 0.29) is 22.9 Å². The van der Waals surface area contributed by atoms with Gasteiger partial charge in [0.05, 0.1) is 10.5 Å². The van der Waals surface area contributed by atoms with E-state index < -0.39 is 40.6 Å². The molecule has 2 N–H and O–H groups in total. The molecule has 0 radical (unpaired) electrons. The van der Waals surface area contributed by atoms with Crippen molar-refractivity contribution in [3.8, 4) is 0 Å². The fraction of sp³-hybridized carbons (Fsp3) is 0.278. The second-order valence-electron chi connectivity index (χ2n) is 6.27.